The minimum atomic E-state index is -0.320. The number of ether oxygens (including phenoxy) is 1. The maximum absolute atomic E-state index is 11.4. The molecule has 27 heavy (non-hydrogen) atoms. The first-order valence-electron chi connectivity index (χ1n) is 9.70. The van der Waals surface area contributed by atoms with E-state index in [0.29, 0.717) is 30.7 Å². The number of carbonyl (C=O) groups is 1. The quantitative estimate of drug-likeness (QED) is 0.513. The molecule has 1 fully saturated rings. The minimum absolute atomic E-state index is 0.320. The summed E-state index contributed by atoms with van der Waals surface area (Å²) in [5.74, 6) is 1.23. The number of amides is 1. The van der Waals surface area contributed by atoms with Crippen LogP contribution in [0.2, 0.25) is 0 Å². The summed E-state index contributed by atoms with van der Waals surface area (Å²) in [4.78, 5) is 20.6. The molecule has 2 N–H and O–H groups in total. The highest BCUT2D eigenvalue weighted by Crippen LogP contribution is 2.50. The van der Waals surface area contributed by atoms with Gasteiger partial charge in [0.1, 0.15) is 0 Å². The van der Waals surface area contributed by atoms with Crippen LogP contribution in [0.1, 0.15) is 37.7 Å². The van der Waals surface area contributed by atoms with E-state index in [1.54, 1.807) is 0 Å². The van der Waals surface area contributed by atoms with Crippen LogP contribution in [0.15, 0.2) is 24.4 Å². The molecule has 1 aliphatic carbocycles. The van der Waals surface area contributed by atoms with Gasteiger partial charge in [-0.05, 0) is 67.8 Å². The van der Waals surface area contributed by atoms with Gasteiger partial charge in [-0.25, -0.2) is 9.64 Å². The molecule has 0 aliphatic heterocycles. The lowest BCUT2D eigenvalue weighted by Gasteiger charge is -2.16. The summed E-state index contributed by atoms with van der Waals surface area (Å²) in [6.45, 7) is 12.3. The van der Waals surface area contributed by atoms with Crippen molar-refractivity contribution in [3.8, 4) is 0 Å². The first kappa shape index (κ1) is 19.2. The van der Waals surface area contributed by atoms with E-state index in [2.05, 4.69) is 33.3 Å². The largest absolute Gasteiger partial charge is 0.450 e. The SMILES string of the molecule is [C-]#[N+]c1ccc2[nH]cc(C3CC3CN(C)CCCNC(=O)OCCC)c2c1. The summed E-state index contributed by atoms with van der Waals surface area (Å²) in [6, 6.07) is 5.85. The predicted octanol–water partition coefficient (Wildman–Crippen LogP) is 4.28. The van der Waals surface area contributed by atoms with E-state index >= 15 is 0 Å². The summed E-state index contributed by atoms with van der Waals surface area (Å²) in [5.41, 5.74) is 3.15. The van der Waals surface area contributed by atoms with E-state index in [9.17, 15) is 4.79 Å². The predicted molar refractivity (Wildman–Crippen MR) is 107 cm³/mol. The van der Waals surface area contributed by atoms with Crippen molar-refractivity contribution in [2.45, 2.75) is 32.1 Å². The Hall–Kier alpha value is -2.52. The summed E-state index contributed by atoms with van der Waals surface area (Å²) in [7, 11) is 2.14. The Morgan fingerprint density at radius 1 is 1.48 bits per heavy atom. The zero-order valence-corrected chi connectivity index (χ0v) is 16.1. The number of nitrogens with zero attached hydrogens (tertiary/aromatic N) is 2. The number of benzene rings is 1. The number of alkyl carbamates (subject to hydrolysis) is 1. The fourth-order valence-corrected chi connectivity index (χ4v) is 3.61. The zero-order valence-electron chi connectivity index (χ0n) is 16.1. The number of hydrogen-bond acceptors (Lipinski definition) is 3. The molecular weight excluding hydrogens is 340 g/mol. The summed E-state index contributed by atoms with van der Waals surface area (Å²) in [5, 5.41) is 3.98. The lowest BCUT2D eigenvalue weighted by atomic mass is 10.1. The van der Waals surface area contributed by atoms with Crippen LogP contribution in [0.4, 0.5) is 10.5 Å². The second-order valence-electron chi connectivity index (χ2n) is 7.37. The molecule has 1 heterocycles. The summed E-state index contributed by atoms with van der Waals surface area (Å²) < 4.78 is 4.99. The van der Waals surface area contributed by atoms with Gasteiger partial charge in [0.25, 0.3) is 0 Å². The zero-order chi connectivity index (χ0) is 19.2. The molecule has 6 heteroatoms. The van der Waals surface area contributed by atoms with Crippen molar-refractivity contribution in [3.63, 3.8) is 0 Å². The fourth-order valence-electron chi connectivity index (χ4n) is 3.61. The van der Waals surface area contributed by atoms with E-state index < -0.39 is 0 Å². The molecule has 3 rings (SSSR count). The molecule has 2 atom stereocenters. The standard InChI is InChI=1S/C21H28N4O2/c1-4-10-27-21(26)23-8-5-9-25(3)14-15-11-17(15)19-13-24-20-7-6-16(22-2)12-18(19)20/h6-7,12-13,15,17,24H,4-5,8-11,14H2,1,3H3,(H,23,26). The molecule has 0 saturated heterocycles. The molecule has 0 bridgehead atoms. The van der Waals surface area contributed by atoms with Crippen molar-refractivity contribution < 1.29 is 9.53 Å². The third-order valence-electron chi connectivity index (χ3n) is 5.12. The lowest BCUT2D eigenvalue weighted by molar-refractivity contribution is 0.146. The van der Waals surface area contributed by atoms with Gasteiger partial charge in [-0.3, -0.25) is 0 Å². The number of hydrogen-bond donors (Lipinski definition) is 2. The van der Waals surface area contributed by atoms with Crippen LogP contribution >= 0.6 is 0 Å². The van der Waals surface area contributed by atoms with Crippen molar-refractivity contribution in [2.75, 3.05) is 33.3 Å². The average molecular weight is 368 g/mol. The van der Waals surface area contributed by atoms with Gasteiger partial charge in [0.15, 0.2) is 5.69 Å². The first-order chi connectivity index (χ1) is 13.1. The molecule has 1 amide bonds. The smallest absolute Gasteiger partial charge is 0.407 e. The van der Waals surface area contributed by atoms with Crippen LogP contribution in [0.25, 0.3) is 15.7 Å². The minimum Gasteiger partial charge on any atom is -0.450 e. The second-order valence-corrected chi connectivity index (χ2v) is 7.37. The van der Waals surface area contributed by atoms with Gasteiger partial charge in [-0.1, -0.05) is 13.0 Å². The number of fused-ring (bicyclic) bond motifs is 1. The van der Waals surface area contributed by atoms with Gasteiger partial charge in [-0.2, -0.15) is 0 Å². The van der Waals surface area contributed by atoms with Gasteiger partial charge in [0.05, 0.1) is 13.2 Å². The Bertz CT molecular complexity index is 823. The van der Waals surface area contributed by atoms with Crippen LogP contribution in [-0.4, -0.2) is 49.3 Å². The van der Waals surface area contributed by atoms with Crippen molar-refractivity contribution >= 4 is 22.7 Å². The number of aromatic nitrogens is 1. The fraction of sp³-hybridized carbons (Fsp3) is 0.524. The third kappa shape index (κ3) is 5.01. The van der Waals surface area contributed by atoms with E-state index in [-0.39, 0.29) is 6.09 Å². The molecule has 6 nitrogen and oxygen atoms in total. The van der Waals surface area contributed by atoms with Crippen LogP contribution in [-0.2, 0) is 4.74 Å². The highest BCUT2D eigenvalue weighted by molar-refractivity contribution is 5.87. The molecule has 2 unspecified atom stereocenters. The number of nitrogens with one attached hydrogen (secondary N) is 2. The third-order valence-corrected chi connectivity index (χ3v) is 5.12. The molecule has 1 aromatic heterocycles. The lowest BCUT2D eigenvalue weighted by Crippen LogP contribution is -2.29. The first-order valence-corrected chi connectivity index (χ1v) is 9.70. The van der Waals surface area contributed by atoms with Crippen molar-refractivity contribution in [1.29, 1.82) is 0 Å². The highest BCUT2D eigenvalue weighted by Gasteiger charge is 2.39. The average Bonchev–Trinajstić information content (AvgIpc) is 3.29. The Balaban J connectivity index is 1.42. The van der Waals surface area contributed by atoms with Crippen molar-refractivity contribution in [2.24, 2.45) is 5.92 Å². The number of carbonyl (C=O) groups excluding carboxylic acids is 1. The Kier molecular flexibility index (Phi) is 6.36. The normalized spacial score (nSPS) is 18.4. The van der Waals surface area contributed by atoms with Gasteiger partial charge in [0, 0.05) is 24.8 Å². The number of aromatic amines is 1. The monoisotopic (exact) mass is 368 g/mol. The van der Waals surface area contributed by atoms with Crippen LogP contribution in [0.5, 0.6) is 0 Å². The Morgan fingerprint density at radius 2 is 2.33 bits per heavy atom. The molecule has 2 aromatic rings. The number of rotatable bonds is 9. The second kappa shape index (κ2) is 8.92. The molecular formula is C21H28N4O2. The van der Waals surface area contributed by atoms with E-state index in [4.69, 9.17) is 11.3 Å². The van der Waals surface area contributed by atoms with Gasteiger partial charge in [-0.15, -0.1) is 0 Å². The summed E-state index contributed by atoms with van der Waals surface area (Å²) in [6.07, 6.45) is 4.74. The van der Waals surface area contributed by atoms with Crippen molar-refractivity contribution in [3.05, 3.63) is 41.4 Å². The Labute approximate surface area is 160 Å². The number of H-pyrrole nitrogens is 1. The van der Waals surface area contributed by atoms with Gasteiger partial charge >= 0.3 is 6.09 Å². The van der Waals surface area contributed by atoms with Crippen LogP contribution in [0, 0.1) is 12.5 Å². The maximum Gasteiger partial charge on any atom is 0.407 e. The molecule has 0 spiro atoms. The molecule has 1 aliphatic rings. The Morgan fingerprint density at radius 3 is 3.11 bits per heavy atom. The van der Waals surface area contributed by atoms with E-state index in [1.165, 1.54) is 17.4 Å². The molecule has 1 saturated carbocycles. The molecule has 144 valence electrons. The topological polar surface area (TPSA) is 61.7 Å². The molecule has 0 radical (unpaired) electrons. The molecule has 1 aromatic carbocycles. The van der Waals surface area contributed by atoms with Gasteiger partial charge in [0.2, 0.25) is 0 Å². The van der Waals surface area contributed by atoms with E-state index in [1.807, 2.05) is 25.1 Å². The van der Waals surface area contributed by atoms with Crippen molar-refractivity contribution in [1.82, 2.24) is 15.2 Å². The van der Waals surface area contributed by atoms with Gasteiger partial charge < -0.3 is 19.9 Å². The summed E-state index contributed by atoms with van der Waals surface area (Å²) >= 11 is 0. The maximum atomic E-state index is 11.4. The van der Waals surface area contributed by atoms with Crippen LogP contribution in [0.3, 0.4) is 0 Å². The van der Waals surface area contributed by atoms with E-state index in [0.717, 1.165) is 31.4 Å². The van der Waals surface area contributed by atoms with Crippen LogP contribution < -0.4 is 5.32 Å². The highest BCUT2D eigenvalue weighted by atomic mass is 16.5.